The van der Waals surface area contributed by atoms with Crippen LogP contribution in [0.3, 0.4) is 0 Å². The minimum atomic E-state index is -0.0816. The minimum absolute atomic E-state index is 0.0426. The molecule has 1 fully saturated rings. The number of esters is 1. The molecule has 0 radical (unpaired) electrons. The lowest BCUT2D eigenvalue weighted by Gasteiger charge is -2.14. The molecule has 1 saturated heterocycles. The number of carbonyl (C=O) groups is 1. The fourth-order valence-corrected chi connectivity index (χ4v) is 1.25. The predicted molar refractivity (Wildman–Crippen MR) is 46.9 cm³/mol. The van der Waals surface area contributed by atoms with Gasteiger partial charge in [0.1, 0.15) is 6.04 Å². The molecular formula is C9H17NO2. The zero-order valence-electron chi connectivity index (χ0n) is 7.80. The van der Waals surface area contributed by atoms with Crippen molar-refractivity contribution in [3.8, 4) is 0 Å². The standard InChI is InChI=1S/C9H17NO2/c1-3-7(2)12-9(11)8-5-4-6-10-8/h7-8,10H,3-6H2,1-2H3. The van der Waals surface area contributed by atoms with Gasteiger partial charge in [-0.2, -0.15) is 0 Å². The first-order valence-corrected chi connectivity index (χ1v) is 4.68. The Labute approximate surface area is 73.5 Å². The van der Waals surface area contributed by atoms with E-state index in [0.29, 0.717) is 0 Å². The van der Waals surface area contributed by atoms with Crippen LogP contribution in [0, 0.1) is 0 Å². The Balaban J connectivity index is 2.27. The summed E-state index contributed by atoms with van der Waals surface area (Å²) in [4.78, 5) is 11.3. The van der Waals surface area contributed by atoms with Crippen LogP contribution in [0.2, 0.25) is 0 Å². The van der Waals surface area contributed by atoms with Crippen molar-refractivity contribution in [3.05, 3.63) is 0 Å². The molecule has 0 aliphatic carbocycles. The van der Waals surface area contributed by atoms with E-state index in [4.69, 9.17) is 4.74 Å². The summed E-state index contributed by atoms with van der Waals surface area (Å²) in [6.07, 6.45) is 2.95. The maximum Gasteiger partial charge on any atom is 0.323 e. The number of nitrogens with one attached hydrogen (secondary N) is 1. The van der Waals surface area contributed by atoms with Crippen molar-refractivity contribution in [3.63, 3.8) is 0 Å². The Morgan fingerprint density at radius 1 is 1.75 bits per heavy atom. The van der Waals surface area contributed by atoms with Gasteiger partial charge in [-0.15, -0.1) is 0 Å². The molecule has 0 aromatic heterocycles. The van der Waals surface area contributed by atoms with E-state index in [1.165, 1.54) is 0 Å². The minimum Gasteiger partial charge on any atom is -0.462 e. The van der Waals surface area contributed by atoms with E-state index in [1.807, 2.05) is 13.8 Å². The van der Waals surface area contributed by atoms with Gasteiger partial charge in [-0.25, -0.2) is 0 Å². The molecule has 0 spiro atoms. The van der Waals surface area contributed by atoms with Crippen LogP contribution in [0.15, 0.2) is 0 Å². The number of hydrogen-bond acceptors (Lipinski definition) is 3. The summed E-state index contributed by atoms with van der Waals surface area (Å²) in [5.41, 5.74) is 0. The number of ether oxygens (including phenoxy) is 1. The largest absolute Gasteiger partial charge is 0.462 e. The Morgan fingerprint density at radius 2 is 2.50 bits per heavy atom. The first-order chi connectivity index (χ1) is 5.74. The third-order valence-corrected chi connectivity index (χ3v) is 2.24. The summed E-state index contributed by atoms with van der Waals surface area (Å²) in [5, 5.41) is 3.11. The monoisotopic (exact) mass is 171 g/mol. The lowest BCUT2D eigenvalue weighted by Crippen LogP contribution is -2.34. The fourth-order valence-electron chi connectivity index (χ4n) is 1.25. The topological polar surface area (TPSA) is 38.3 Å². The quantitative estimate of drug-likeness (QED) is 0.646. The molecule has 2 unspecified atom stereocenters. The number of hydrogen-bond donors (Lipinski definition) is 1. The van der Waals surface area contributed by atoms with Crippen LogP contribution in [0.5, 0.6) is 0 Å². The normalized spacial score (nSPS) is 25.3. The van der Waals surface area contributed by atoms with Crippen molar-refractivity contribution in [2.45, 2.75) is 45.3 Å². The van der Waals surface area contributed by atoms with Crippen LogP contribution >= 0.6 is 0 Å². The molecule has 1 aliphatic heterocycles. The first kappa shape index (κ1) is 9.52. The summed E-state index contributed by atoms with van der Waals surface area (Å²) < 4.78 is 5.18. The maximum absolute atomic E-state index is 11.3. The molecule has 0 amide bonds. The van der Waals surface area contributed by atoms with Crippen molar-refractivity contribution < 1.29 is 9.53 Å². The lowest BCUT2D eigenvalue weighted by molar-refractivity contribution is -0.150. The molecule has 3 heteroatoms. The van der Waals surface area contributed by atoms with Crippen molar-refractivity contribution in [2.75, 3.05) is 6.54 Å². The molecule has 1 heterocycles. The average Bonchev–Trinajstić information content (AvgIpc) is 2.56. The molecule has 0 aromatic carbocycles. The van der Waals surface area contributed by atoms with Gasteiger partial charge in [0.05, 0.1) is 6.10 Å². The highest BCUT2D eigenvalue weighted by atomic mass is 16.5. The van der Waals surface area contributed by atoms with Gasteiger partial charge in [0, 0.05) is 0 Å². The predicted octanol–water partition coefficient (Wildman–Crippen LogP) is 1.08. The van der Waals surface area contributed by atoms with Gasteiger partial charge in [0.15, 0.2) is 0 Å². The summed E-state index contributed by atoms with van der Waals surface area (Å²) in [5.74, 6) is -0.0816. The van der Waals surface area contributed by atoms with Crippen LogP contribution in [0.1, 0.15) is 33.1 Å². The first-order valence-electron chi connectivity index (χ1n) is 4.68. The maximum atomic E-state index is 11.3. The van der Waals surface area contributed by atoms with Gasteiger partial charge in [-0.3, -0.25) is 4.79 Å². The Hall–Kier alpha value is -0.570. The van der Waals surface area contributed by atoms with Crippen LogP contribution in [0.25, 0.3) is 0 Å². The molecule has 2 atom stereocenters. The van der Waals surface area contributed by atoms with Gasteiger partial charge in [-0.05, 0) is 32.7 Å². The molecule has 1 rings (SSSR count). The summed E-state index contributed by atoms with van der Waals surface area (Å²) in [6, 6.07) is -0.0426. The highest BCUT2D eigenvalue weighted by molar-refractivity contribution is 5.76. The van der Waals surface area contributed by atoms with Crippen LogP contribution < -0.4 is 5.32 Å². The zero-order valence-corrected chi connectivity index (χ0v) is 7.80. The fraction of sp³-hybridized carbons (Fsp3) is 0.889. The van der Waals surface area contributed by atoms with Gasteiger partial charge in [-0.1, -0.05) is 6.92 Å². The lowest BCUT2D eigenvalue weighted by atomic mass is 10.2. The third-order valence-electron chi connectivity index (χ3n) is 2.24. The second kappa shape index (κ2) is 4.45. The zero-order chi connectivity index (χ0) is 8.97. The van der Waals surface area contributed by atoms with Crippen LogP contribution in [0.4, 0.5) is 0 Å². The van der Waals surface area contributed by atoms with Crippen LogP contribution in [-0.4, -0.2) is 24.7 Å². The van der Waals surface area contributed by atoms with E-state index in [1.54, 1.807) is 0 Å². The molecular weight excluding hydrogens is 154 g/mol. The molecule has 0 aromatic rings. The second-order valence-corrected chi connectivity index (χ2v) is 3.30. The highest BCUT2D eigenvalue weighted by Gasteiger charge is 2.24. The molecule has 12 heavy (non-hydrogen) atoms. The van der Waals surface area contributed by atoms with Gasteiger partial charge >= 0.3 is 5.97 Å². The smallest absolute Gasteiger partial charge is 0.323 e. The van der Waals surface area contributed by atoms with E-state index in [0.717, 1.165) is 25.8 Å². The van der Waals surface area contributed by atoms with Crippen LogP contribution in [-0.2, 0) is 9.53 Å². The van der Waals surface area contributed by atoms with Gasteiger partial charge < -0.3 is 10.1 Å². The second-order valence-electron chi connectivity index (χ2n) is 3.30. The van der Waals surface area contributed by atoms with E-state index in [9.17, 15) is 4.79 Å². The van der Waals surface area contributed by atoms with Crippen molar-refractivity contribution in [1.82, 2.24) is 5.32 Å². The van der Waals surface area contributed by atoms with Crippen molar-refractivity contribution in [2.24, 2.45) is 0 Å². The Kier molecular flexibility index (Phi) is 3.53. The SMILES string of the molecule is CCC(C)OC(=O)C1CCCN1. The summed E-state index contributed by atoms with van der Waals surface area (Å²) in [6.45, 7) is 4.88. The van der Waals surface area contributed by atoms with E-state index in [2.05, 4.69) is 5.32 Å². The highest BCUT2D eigenvalue weighted by Crippen LogP contribution is 2.08. The van der Waals surface area contributed by atoms with Crippen molar-refractivity contribution >= 4 is 5.97 Å². The van der Waals surface area contributed by atoms with Gasteiger partial charge in [0.25, 0.3) is 0 Å². The van der Waals surface area contributed by atoms with Gasteiger partial charge in [0.2, 0.25) is 0 Å². The number of rotatable bonds is 3. The molecule has 1 aliphatic rings. The van der Waals surface area contributed by atoms with E-state index < -0.39 is 0 Å². The van der Waals surface area contributed by atoms with E-state index >= 15 is 0 Å². The number of carbonyl (C=O) groups excluding carboxylic acids is 1. The average molecular weight is 171 g/mol. The molecule has 0 saturated carbocycles. The molecule has 1 N–H and O–H groups in total. The summed E-state index contributed by atoms with van der Waals surface area (Å²) in [7, 11) is 0. The molecule has 70 valence electrons. The molecule has 3 nitrogen and oxygen atoms in total. The Morgan fingerprint density at radius 3 is 3.00 bits per heavy atom. The molecule has 0 bridgehead atoms. The Bertz CT molecular complexity index is 153. The van der Waals surface area contributed by atoms with Crippen molar-refractivity contribution in [1.29, 1.82) is 0 Å². The summed E-state index contributed by atoms with van der Waals surface area (Å²) >= 11 is 0. The third kappa shape index (κ3) is 2.48. The van der Waals surface area contributed by atoms with E-state index in [-0.39, 0.29) is 18.1 Å².